The van der Waals surface area contributed by atoms with Crippen molar-refractivity contribution in [1.29, 1.82) is 0 Å². The van der Waals surface area contributed by atoms with Crippen LogP contribution in [-0.2, 0) is 6.42 Å². The van der Waals surface area contributed by atoms with Crippen LogP contribution < -0.4 is 0 Å². The first-order valence-electron chi connectivity index (χ1n) is 6.02. The van der Waals surface area contributed by atoms with Gasteiger partial charge in [-0.1, -0.05) is 44.0 Å². The topological polar surface area (TPSA) is 20.2 Å². The molecule has 0 aromatic heterocycles. The van der Waals surface area contributed by atoms with Crippen LogP contribution in [0.15, 0.2) is 18.2 Å². The first-order chi connectivity index (χ1) is 7.90. The van der Waals surface area contributed by atoms with E-state index in [4.69, 9.17) is 23.2 Å². The molecule has 0 aliphatic carbocycles. The molecule has 17 heavy (non-hydrogen) atoms. The monoisotopic (exact) mass is 274 g/mol. The van der Waals surface area contributed by atoms with E-state index in [0.29, 0.717) is 22.4 Å². The van der Waals surface area contributed by atoms with Gasteiger partial charge in [-0.25, -0.2) is 0 Å². The molecule has 2 unspecified atom stereocenters. The van der Waals surface area contributed by atoms with E-state index in [2.05, 4.69) is 20.8 Å². The van der Waals surface area contributed by atoms with Gasteiger partial charge in [0.1, 0.15) is 0 Å². The Kier molecular flexibility index (Phi) is 5.78. The summed E-state index contributed by atoms with van der Waals surface area (Å²) in [6.45, 7) is 6.40. The smallest absolute Gasteiger partial charge is 0.0606 e. The van der Waals surface area contributed by atoms with Gasteiger partial charge in [0, 0.05) is 16.5 Å². The molecule has 96 valence electrons. The lowest BCUT2D eigenvalue weighted by Gasteiger charge is -2.21. The van der Waals surface area contributed by atoms with Gasteiger partial charge in [-0.3, -0.25) is 0 Å². The average Bonchev–Trinajstić information content (AvgIpc) is 2.22. The largest absolute Gasteiger partial charge is 0.393 e. The number of hydrogen-bond acceptors (Lipinski definition) is 1. The van der Waals surface area contributed by atoms with Crippen LogP contribution in [0.3, 0.4) is 0 Å². The molecular formula is C14H20Cl2O. The zero-order valence-electron chi connectivity index (χ0n) is 10.6. The van der Waals surface area contributed by atoms with Crippen molar-refractivity contribution in [2.75, 3.05) is 0 Å². The summed E-state index contributed by atoms with van der Waals surface area (Å²) in [5.74, 6) is 0.861. The Hall–Kier alpha value is -0.240. The third kappa shape index (κ3) is 4.87. The minimum absolute atomic E-state index is 0.269. The van der Waals surface area contributed by atoms with E-state index in [-0.39, 0.29) is 12.0 Å². The lowest BCUT2D eigenvalue weighted by atomic mass is 9.90. The molecule has 1 N–H and O–H groups in total. The molecule has 0 heterocycles. The first-order valence-corrected chi connectivity index (χ1v) is 6.77. The van der Waals surface area contributed by atoms with Crippen LogP contribution in [0.25, 0.3) is 0 Å². The Morgan fingerprint density at radius 1 is 1.18 bits per heavy atom. The molecule has 0 radical (unpaired) electrons. The van der Waals surface area contributed by atoms with Gasteiger partial charge in [-0.2, -0.15) is 0 Å². The molecule has 3 heteroatoms. The highest BCUT2D eigenvalue weighted by atomic mass is 35.5. The molecule has 1 rings (SSSR count). The van der Waals surface area contributed by atoms with E-state index in [1.807, 2.05) is 6.07 Å². The summed E-state index contributed by atoms with van der Waals surface area (Å²) in [7, 11) is 0. The highest BCUT2D eigenvalue weighted by Gasteiger charge is 2.17. The van der Waals surface area contributed by atoms with Gasteiger partial charge in [-0.15, -0.1) is 0 Å². The second-order valence-electron chi connectivity index (χ2n) is 5.11. The van der Waals surface area contributed by atoms with Crippen molar-refractivity contribution < 1.29 is 5.11 Å². The predicted octanol–water partition coefficient (Wildman–Crippen LogP) is 4.58. The summed E-state index contributed by atoms with van der Waals surface area (Å²) in [5.41, 5.74) is 0.919. The predicted molar refractivity (Wildman–Crippen MR) is 74.8 cm³/mol. The quantitative estimate of drug-likeness (QED) is 0.834. The van der Waals surface area contributed by atoms with Crippen molar-refractivity contribution in [1.82, 2.24) is 0 Å². The molecule has 1 nitrogen and oxygen atoms in total. The number of benzene rings is 1. The molecule has 0 saturated heterocycles. The average molecular weight is 275 g/mol. The third-order valence-corrected chi connectivity index (χ3v) is 3.54. The molecule has 1 aromatic rings. The molecule has 0 spiro atoms. The van der Waals surface area contributed by atoms with Crippen molar-refractivity contribution in [2.24, 2.45) is 11.8 Å². The standard InChI is InChI=1S/C14H20Cl2O/c1-9(2)6-10(3)14(17)8-11-7-12(15)4-5-13(11)16/h4-5,7,9-10,14,17H,6,8H2,1-3H3. The fourth-order valence-corrected chi connectivity index (χ4v) is 2.42. The zero-order chi connectivity index (χ0) is 13.0. The Balaban J connectivity index is 2.67. The lowest BCUT2D eigenvalue weighted by Crippen LogP contribution is -2.22. The molecule has 0 bridgehead atoms. The maximum absolute atomic E-state index is 10.1. The Bertz CT molecular complexity index is 363. The fourth-order valence-electron chi connectivity index (χ4n) is 2.03. The van der Waals surface area contributed by atoms with Crippen molar-refractivity contribution in [3.8, 4) is 0 Å². The highest BCUT2D eigenvalue weighted by molar-refractivity contribution is 6.33. The van der Waals surface area contributed by atoms with E-state index in [0.717, 1.165) is 12.0 Å². The zero-order valence-corrected chi connectivity index (χ0v) is 12.1. The van der Waals surface area contributed by atoms with Crippen molar-refractivity contribution in [3.05, 3.63) is 33.8 Å². The van der Waals surface area contributed by atoms with Crippen LogP contribution in [0, 0.1) is 11.8 Å². The lowest BCUT2D eigenvalue weighted by molar-refractivity contribution is 0.105. The van der Waals surface area contributed by atoms with E-state index in [1.165, 1.54) is 0 Å². The minimum atomic E-state index is -0.367. The summed E-state index contributed by atoms with van der Waals surface area (Å²) < 4.78 is 0. The summed E-state index contributed by atoms with van der Waals surface area (Å²) >= 11 is 12.0. The van der Waals surface area contributed by atoms with Crippen molar-refractivity contribution in [2.45, 2.75) is 39.7 Å². The van der Waals surface area contributed by atoms with Gasteiger partial charge in [0.25, 0.3) is 0 Å². The van der Waals surface area contributed by atoms with E-state index < -0.39 is 0 Å². The van der Waals surface area contributed by atoms with Crippen LogP contribution in [-0.4, -0.2) is 11.2 Å². The van der Waals surface area contributed by atoms with Gasteiger partial charge in [0.15, 0.2) is 0 Å². The number of halogens is 2. The molecule has 0 aliphatic heterocycles. The van der Waals surface area contributed by atoms with Crippen LogP contribution >= 0.6 is 23.2 Å². The second-order valence-corrected chi connectivity index (χ2v) is 5.96. The van der Waals surface area contributed by atoms with Crippen molar-refractivity contribution in [3.63, 3.8) is 0 Å². The number of rotatable bonds is 5. The Morgan fingerprint density at radius 3 is 2.41 bits per heavy atom. The highest BCUT2D eigenvalue weighted by Crippen LogP contribution is 2.25. The number of aliphatic hydroxyl groups is 1. The first kappa shape index (κ1) is 14.8. The number of aliphatic hydroxyl groups excluding tert-OH is 1. The molecular weight excluding hydrogens is 255 g/mol. The Morgan fingerprint density at radius 2 is 1.82 bits per heavy atom. The van der Waals surface area contributed by atoms with Gasteiger partial charge in [0.05, 0.1) is 6.10 Å². The van der Waals surface area contributed by atoms with Crippen LogP contribution in [0.4, 0.5) is 0 Å². The van der Waals surface area contributed by atoms with Gasteiger partial charge >= 0.3 is 0 Å². The molecule has 1 aromatic carbocycles. The van der Waals surface area contributed by atoms with E-state index >= 15 is 0 Å². The second kappa shape index (κ2) is 6.63. The van der Waals surface area contributed by atoms with Gasteiger partial charge in [0.2, 0.25) is 0 Å². The SMILES string of the molecule is CC(C)CC(C)C(O)Cc1cc(Cl)ccc1Cl. The summed E-state index contributed by atoms with van der Waals surface area (Å²) in [6, 6.07) is 5.37. The minimum Gasteiger partial charge on any atom is -0.393 e. The van der Waals surface area contributed by atoms with Crippen LogP contribution in [0.5, 0.6) is 0 Å². The maximum Gasteiger partial charge on any atom is 0.0606 e. The van der Waals surface area contributed by atoms with E-state index in [9.17, 15) is 5.11 Å². The van der Waals surface area contributed by atoms with Crippen molar-refractivity contribution >= 4 is 23.2 Å². The molecule has 0 saturated carbocycles. The van der Waals surface area contributed by atoms with Gasteiger partial charge < -0.3 is 5.11 Å². The summed E-state index contributed by atoms with van der Waals surface area (Å²) in [4.78, 5) is 0. The van der Waals surface area contributed by atoms with Crippen LogP contribution in [0.2, 0.25) is 10.0 Å². The maximum atomic E-state index is 10.1. The third-order valence-electron chi connectivity index (χ3n) is 2.94. The fraction of sp³-hybridized carbons (Fsp3) is 0.571. The molecule has 0 aliphatic rings. The Labute approximate surface area is 114 Å². The van der Waals surface area contributed by atoms with E-state index in [1.54, 1.807) is 12.1 Å². The normalized spacial score (nSPS) is 15.0. The van der Waals surface area contributed by atoms with Crippen LogP contribution in [0.1, 0.15) is 32.8 Å². The summed E-state index contributed by atoms with van der Waals surface area (Å²) in [5, 5.41) is 11.5. The molecule has 0 amide bonds. The summed E-state index contributed by atoms with van der Waals surface area (Å²) in [6.07, 6.45) is 1.21. The molecule has 2 atom stereocenters. The number of hydrogen-bond donors (Lipinski definition) is 1. The molecule has 0 fully saturated rings. The van der Waals surface area contributed by atoms with Gasteiger partial charge in [-0.05, 0) is 42.0 Å².